The second kappa shape index (κ2) is 7.16. The Labute approximate surface area is 137 Å². The highest BCUT2D eigenvalue weighted by atomic mass is 35.5. The number of hydrogen-bond donors (Lipinski definition) is 1. The molecule has 0 radical (unpaired) electrons. The molecule has 1 aliphatic heterocycles. The summed E-state index contributed by atoms with van der Waals surface area (Å²) in [5.74, 6) is 1.51. The number of amides is 1. The number of carbonyl (C=O) groups is 1. The number of carbonyl (C=O) groups excluding carboxylic acids is 1. The lowest BCUT2D eigenvalue weighted by Crippen LogP contribution is -2.31. The second-order valence-electron chi connectivity index (χ2n) is 5.93. The SMILES string of the molecule is CC(c1cc2ccccc2o1)N(C)C(=O)CC1CCNC1.Cl. The van der Waals surface area contributed by atoms with Crippen LogP contribution in [0.25, 0.3) is 11.0 Å². The Balaban J connectivity index is 0.00000176. The number of para-hydroxylation sites is 1. The van der Waals surface area contributed by atoms with Crippen LogP contribution in [0.2, 0.25) is 0 Å². The van der Waals surface area contributed by atoms with Gasteiger partial charge in [0.1, 0.15) is 11.3 Å². The van der Waals surface area contributed by atoms with E-state index in [-0.39, 0.29) is 24.4 Å². The van der Waals surface area contributed by atoms with Gasteiger partial charge in [0.15, 0.2) is 0 Å². The van der Waals surface area contributed by atoms with E-state index in [9.17, 15) is 4.79 Å². The summed E-state index contributed by atoms with van der Waals surface area (Å²) in [4.78, 5) is 14.2. The van der Waals surface area contributed by atoms with Gasteiger partial charge in [0.05, 0.1) is 6.04 Å². The van der Waals surface area contributed by atoms with Gasteiger partial charge in [-0.3, -0.25) is 4.79 Å². The van der Waals surface area contributed by atoms with Crippen molar-refractivity contribution in [3.8, 4) is 0 Å². The first-order valence-corrected chi connectivity index (χ1v) is 7.60. The zero-order chi connectivity index (χ0) is 14.8. The Morgan fingerprint density at radius 1 is 1.45 bits per heavy atom. The molecule has 0 bridgehead atoms. The van der Waals surface area contributed by atoms with Crippen LogP contribution in [0.1, 0.15) is 31.6 Å². The predicted molar refractivity (Wildman–Crippen MR) is 90.2 cm³/mol. The lowest BCUT2D eigenvalue weighted by atomic mass is 10.0. The van der Waals surface area contributed by atoms with Gasteiger partial charge in [-0.25, -0.2) is 0 Å². The molecule has 3 rings (SSSR count). The molecule has 2 unspecified atom stereocenters. The van der Waals surface area contributed by atoms with Crippen molar-refractivity contribution in [2.24, 2.45) is 5.92 Å². The largest absolute Gasteiger partial charge is 0.459 e. The molecule has 1 fully saturated rings. The molecule has 2 heterocycles. The number of rotatable bonds is 4. The van der Waals surface area contributed by atoms with Crippen molar-refractivity contribution in [3.05, 3.63) is 36.1 Å². The first-order valence-electron chi connectivity index (χ1n) is 7.60. The van der Waals surface area contributed by atoms with Crippen molar-refractivity contribution in [1.82, 2.24) is 10.2 Å². The van der Waals surface area contributed by atoms with E-state index in [2.05, 4.69) is 5.32 Å². The van der Waals surface area contributed by atoms with Crippen LogP contribution in [0.15, 0.2) is 34.7 Å². The van der Waals surface area contributed by atoms with Crippen LogP contribution in [0.3, 0.4) is 0 Å². The lowest BCUT2D eigenvalue weighted by molar-refractivity contribution is -0.133. The summed E-state index contributed by atoms with van der Waals surface area (Å²) >= 11 is 0. The van der Waals surface area contributed by atoms with Gasteiger partial charge >= 0.3 is 0 Å². The molecule has 0 spiro atoms. The number of halogens is 1. The van der Waals surface area contributed by atoms with Gasteiger partial charge in [-0.1, -0.05) is 18.2 Å². The summed E-state index contributed by atoms with van der Waals surface area (Å²) in [7, 11) is 1.86. The summed E-state index contributed by atoms with van der Waals surface area (Å²) in [5, 5.41) is 4.39. The van der Waals surface area contributed by atoms with E-state index in [1.54, 1.807) is 4.90 Å². The molecule has 1 saturated heterocycles. The molecule has 0 aliphatic carbocycles. The smallest absolute Gasteiger partial charge is 0.223 e. The number of fused-ring (bicyclic) bond motifs is 1. The first kappa shape index (κ1) is 16.8. The van der Waals surface area contributed by atoms with Gasteiger partial charge in [0.25, 0.3) is 0 Å². The quantitative estimate of drug-likeness (QED) is 0.938. The van der Waals surface area contributed by atoms with Gasteiger partial charge < -0.3 is 14.6 Å². The maximum absolute atomic E-state index is 12.4. The molecule has 1 N–H and O–H groups in total. The fraction of sp³-hybridized carbons (Fsp3) is 0.471. The van der Waals surface area contributed by atoms with Gasteiger partial charge in [-0.05, 0) is 44.5 Å². The minimum Gasteiger partial charge on any atom is -0.459 e. The molecule has 120 valence electrons. The van der Waals surface area contributed by atoms with E-state index in [1.807, 2.05) is 44.3 Å². The summed E-state index contributed by atoms with van der Waals surface area (Å²) < 4.78 is 5.86. The molecule has 2 aromatic rings. The van der Waals surface area contributed by atoms with Crippen LogP contribution in [0.5, 0.6) is 0 Å². The van der Waals surface area contributed by atoms with E-state index < -0.39 is 0 Å². The van der Waals surface area contributed by atoms with Crippen molar-refractivity contribution in [2.45, 2.75) is 25.8 Å². The molecule has 1 aliphatic rings. The molecule has 1 amide bonds. The van der Waals surface area contributed by atoms with E-state index in [1.165, 1.54) is 0 Å². The van der Waals surface area contributed by atoms with Crippen molar-refractivity contribution >= 4 is 29.3 Å². The molecule has 5 heteroatoms. The van der Waals surface area contributed by atoms with Crippen molar-refractivity contribution < 1.29 is 9.21 Å². The molecule has 0 saturated carbocycles. The molecule has 2 atom stereocenters. The van der Waals surface area contributed by atoms with Gasteiger partial charge in [0, 0.05) is 18.9 Å². The fourth-order valence-corrected chi connectivity index (χ4v) is 2.89. The van der Waals surface area contributed by atoms with Crippen LogP contribution < -0.4 is 5.32 Å². The highest BCUT2D eigenvalue weighted by molar-refractivity contribution is 5.85. The molecule has 4 nitrogen and oxygen atoms in total. The Kier molecular flexibility index (Phi) is 5.48. The number of furan rings is 1. The highest BCUT2D eigenvalue weighted by Gasteiger charge is 2.24. The summed E-state index contributed by atoms with van der Waals surface area (Å²) in [5.41, 5.74) is 0.875. The zero-order valence-corrected chi connectivity index (χ0v) is 13.9. The first-order chi connectivity index (χ1) is 10.1. The van der Waals surface area contributed by atoms with E-state index in [0.29, 0.717) is 12.3 Å². The minimum atomic E-state index is -0.0423. The van der Waals surface area contributed by atoms with Crippen molar-refractivity contribution in [2.75, 3.05) is 20.1 Å². The third-order valence-electron chi connectivity index (χ3n) is 4.46. The van der Waals surface area contributed by atoms with Crippen LogP contribution in [0.4, 0.5) is 0 Å². The van der Waals surface area contributed by atoms with Crippen LogP contribution >= 0.6 is 12.4 Å². The zero-order valence-electron chi connectivity index (χ0n) is 13.0. The molecule has 1 aromatic carbocycles. The third kappa shape index (κ3) is 3.45. The molecule has 22 heavy (non-hydrogen) atoms. The Hall–Kier alpha value is -1.52. The second-order valence-corrected chi connectivity index (χ2v) is 5.93. The number of hydrogen-bond acceptors (Lipinski definition) is 3. The maximum Gasteiger partial charge on any atom is 0.223 e. The van der Waals surface area contributed by atoms with Gasteiger partial charge in [0.2, 0.25) is 5.91 Å². The maximum atomic E-state index is 12.4. The Morgan fingerprint density at radius 2 is 2.23 bits per heavy atom. The Morgan fingerprint density at radius 3 is 2.91 bits per heavy atom. The minimum absolute atomic E-state index is 0. The average molecular weight is 323 g/mol. The summed E-state index contributed by atoms with van der Waals surface area (Å²) in [6.45, 7) is 4.00. The predicted octanol–water partition coefficient (Wildman–Crippen LogP) is 3.37. The monoisotopic (exact) mass is 322 g/mol. The number of nitrogens with zero attached hydrogens (tertiary/aromatic N) is 1. The van der Waals surface area contributed by atoms with Crippen LogP contribution in [0, 0.1) is 5.92 Å². The van der Waals surface area contributed by atoms with E-state index >= 15 is 0 Å². The summed E-state index contributed by atoms with van der Waals surface area (Å²) in [6, 6.07) is 9.93. The van der Waals surface area contributed by atoms with Crippen molar-refractivity contribution in [1.29, 1.82) is 0 Å². The third-order valence-corrected chi connectivity index (χ3v) is 4.46. The van der Waals surface area contributed by atoms with Gasteiger partial charge in [-0.15, -0.1) is 12.4 Å². The lowest BCUT2D eigenvalue weighted by Gasteiger charge is -2.24. The van der Waals surface area contributed by atoms with Crippen LogP contribution in [-0.4, -0.2) is 30.9 Å². The van der Waals surface area contributed by atoms with E-state index in [4.69, 9.17) is 4.42 Å². The average Bonchev–Trinajstić information content (AvgIpc) is 3.14. The fourth-order valence-electron chi connectivity index (χ4n) is 2.89. The Bertz CT molecular complexity index is 601. The molecular formula is C17H23ClN2O2. The molecular weight excluding hydrogens is 300 g/mol. The number of benzene rings is 1. The molecule has 1 aromatic heterocycles. The van der Waals surface area contributed by atoms with Crippen molar-refractivity contribution in [3.63, 3.8) is 0 Å². The van der Waals surface area contributed by atoms with Gasteiger partial charge in [-0.2, -0.15) is 0 Å². The van der Waals surface area contributed by atoms with E-state index in [0.717, 1.165) is 36.2 Å². The normalized spacial score (nSPS) is 18.9. The summed E-state index contributed by atoms with van der Waals surface area (Å²) in [6.07, 6.45) is 1.71. The standard InChI is InChI=1S/C17H22N2O2.ClH/c1-12(16-10-14-5-3-4-6-15(14)21-16)19(2)17(20)9-13-7-8-18-11-13;/h3-6,10,12-13,18H,7-9,11H2,1-2H3;1H. The topological polar surface area (TPSA) is 45.5 Å². The number of nitrogens with one attached hydrogen (secondary N) is 1. The van der Waals surface area contributed by atoms with Crippen LogP contribution in [-0.2, 0) is 4.79 Å². The highest BCUT2D eigenvalue weighted by Crippen LogP contribution is 2.27.